The van der Waals surface area contributed by atoms with Gasteiger partial charge in [0.15, 0.2) is 0 Å². The smallest absolute Gasteiger partial charge is 0.119 e. The summed E-state index contributed by atoms with van der Waals surface area (Å²) < 4.78 is 5.26. The molecule has 5 heteroatoms. The molecule has 1 aliphatic heterocycles. The van der Waals surface area contributed by atoms with E-state index in [1.165, 1.54) is 38.9 Å². The Morgan fingerprint density at radius 2 is 1.96 bits per heavy atom. The summed E-state index contributed by atoms with van der Waals surface area (Å²) in [7, 11) is 1.68. The van der Waals surface area contributed by atoms with Crippen molar-refractivity contribution in [1.29, 1.82) is 0 Å². The number of hydrogen-bond donors (Lipinski definition) is 1. The van der Waals surface area contributed by atoms with Gasteiger partial charge in [0.25, 0.3) is 0 Å². The van der Waals surface area contributed by atoms with E-state index in [9.17, 15) is 0 Å². The average molecular weight is 330 g/mol. The Hall–Kier alpha value is -1.59. The normalized spacial score (nSPS) is 15.5. The number of methoxy groups -OCH3 is 1. The quantitative estimate of drug-likeness (QED) is 0.825. The van der Waals surface area contributed by atoms with Gasteiger partial charge in [-0.15, -0.1) is 10.2 Å². The Morgan fingerprint density at radius 1 is 1.09 bits per heavy atom. The Bertz CT molecular complexity index is 612. The highest BCUT2D eigenvalue weighted by Gasteiger charge is 2.13. The maximum absolute atomic E-state index is 5.26. The predicted octanol–water partition coefficient (Wildman–Crippen LogP) is 2.31. The van der Waals surface area contributed by atoms with Gasteiger partial charge >= 0.3 is 0 Å². The maximum atomic E-state index is 5.26. The molecular weight excluding hydrogens is 306 g/mol. The number of benzene rings is 1. The molecule has 2 heterocycles. The van der Waals surface area contributed by atoms with Gasteiger partial charge in [-0.05, 0) is 43.5 Å². The molecule has 3 rings (SSSR count). The van der Waals surface area contributed by atoms with Crippen LogP contribution in [0.3, 0.4) is 0 Å². The number of likely N-dealkylation sites (tertiary alicyclic amines) is 1. The molecule has 0 atom stereocenters. The Morgan fingerprint density at radius 3 is 2.70 bits per heavy atom. The largest absolute Gasteiger partial charge is 0.497 e. The van der Waals surface area contributed by atoms with Crippen LogP contribution >= 0.6 is 11.8 Å². The second kappa shape index (κ2) is 8.31. The zero-order valence-electron chi connectivity index (χ0n) is 13.6. The van der Waals surface area contributed by atoms with Crippen molar-refractivity contribution in [3.05, 3.63) is 36.4 Å². The van der Waals surface area contributed by atoms with Crippen molar-refractivity contribution in [3.8, 4) is 17.0 Å². The van der Waals surface area contributed by atoms with Gasteiger partial charge < -0.3 is 9.64 Å². The minimum atomic E-state index is 0.840. The Kier molecular flexibility index (Phi) is 5.88. The number of rotatable bonds is 6. The maximum Gasteiger partial charge on any atom is 0.119 e. The summed E-state index contributed by atoms with van der Waals surface area (Å²) in [6.45, 7) is 3.89. The number of aromatic nitrogens is 2. The fourth-order valence-electron chi connectivity index (χ4n) is 2.94. The topological polar surface area (TPSA) is 39.5 Å². The van der Waals surface area contributed by atoms with Gasteiger partial charge in [-0.3, -0.25) is 0 Å². The molecule has 0 aliphatic carbocycles. The molecule has 0 saturated carbocycles. The molecule has 0 unspecified atom stereocenters. The SMILES string of the molecule is COc1cccc(-c2ccc(SCC[NH+]3CCCCC3)nn2)c1. The summed E-state index contributed by atoms with van der Waals surface area (Å²) in [6, 6.07) is 12.0. The molecule has 1 saturated heterocycles. The van der Waals surface area contributed by atoms with Crippen molar-refractivity contribution < 1.29 is 9.64 Å². The molecule has 1 aromatic heterocycles. The lowest BCUT2D eigenvalue weighted by atomic mass is 10.1. The summed E-state index contributed by atoms with van der Waals surface area (Å²) >= 11 is 1.81. The van der Waals surface area contributed by atoms with Crippen molar-refractivity contribution in [1.82, 2.24) is 10.2 Å². The molecule has 0 radical (unpaired) electrons. The number of thioether (sulfide) groups is 1. The highest BCUT2D eigenvalue weighted by Crippen LogP contribution is 2.23. The third-order valence-electron chi connectivity index (χ3n) is 4.27. The summed E-state index contributed by atoms with van der Waals surface area (Å²) in [5.74, 6) is 1.95. The van der Waals surface area contributed by atoms with Crippen LogP contribution < -0.4 is 9.64 Å². The molecule has 1 N–H and O–H groups in total. The van der Waals surface area contributed by atoms with Crippen LogP contribution in [0.5, 0.6) is 5.75 Å². The van der Waals surface area contributed by atoms with Crippen molar-refractivity contribution in [2.45, 2.75) is 24.3 Å². The van der Waals surface area contributed by atoms with Gasteiger partial charge in [-0.25, -0.2) is 0 Å². The minimum absolute atomic E-state index is 0.840. The summed E-state index contributed by atoms with van der Waals surface area (Å²) in [5.41, 5.74) is 1.92. The number of quaternary nitrogens is 1. The molecule has 0 amide bonds. The van der Waals surface area contributed by atoms with E-state index in [-0.39, 0.29) is 0 Å². The van der Waals surface area contributed by atoms with Crippen LogP contribution in [0.15, 0.2) is 41.4 Å². The zero-order chi connectivity index (χ0) is 15.9. The van der Waals surface area contributed by atoms with E-state index in [0.717, 1.165) is 27.8 Å². The molecule has 0 spiro atoms. The first-order valence-electron chi connectivity index (χ1n) is 8.30. The van der Waals surface area contributed by atoms with Gasteiger partial charge in [-0.1, -0.05) is 23.9 Å². The fraction of sp³-hybridized carbons (Fsp3) is 0.444. The van der Waals surface area contributed by atoms with Crippen LogP contribution in [0.1, 0.15) is 19.3 Å². The summed E-state index contributed by atoms with van der Waals surface area (Å²) in [4.78, 5) is 1.74. The molecule has 4 nitrogen and oxygen atoms in total. The van der Waals surface area contributed by atoms with Crippen molar-refractivity contribution in [2.24, 2.45) is 0 Å². The van der Waals surface area contributed by atoms with Crippen LogP contribution in [0, 0.1) is 0 Å². The number of hydrogen-bond acceptors (Lipinski definition) is 4. The van der Waals surface area contributed by atoms with Crippen molar-refractivity contribution >= 4 is 11.8 Å². The molecule has 1 aliphatic rings. The first-order chi connectivity index (χ1) is 11.3. The molecule has 1 aromatic carbocycles. The second-order valence-corrected chi connectivity index (χ2v) is 7.01. The van der Waals surface area contributed by atoms with E-state index in [2.05, 4.69) is 16.3 Å². The first-order valence-corrected chi connectivity index (χ1v) is 9.28. The van der Waals surface area contributed by atoms with Crippen LogP contribution in [0.4, 0.5) is 0 Å². The lowest BCUT2D eigenvalue weighted by Crippen LogP contribution is -3.13. The van der Waals surface area contributed by atoms with Gasteiger partial charge in [-0.2, -0.15) is 0 Å². The number of piperidine rings is 1. The van der Waals surface area contributed by atoms with E-state index in [1.807, 2.05) is 30.3 Å². The number of nitrogens with one attached hydrogen (secondary N) is 1. The zero-order valence-corrected chi connectivity index (χ0v) is 14.4. The Balaban J connectivity index is 1.54. The standard InChI is InChI=1S/C18H23N3OS/c1-22-16-7-5-6-15(14-16)17-8-9-18(20-19-17)23-13-12-21-10-3-2-4-11-21/h5-9,14H,2-4,10-13H2,1H3/p+1. The summed E-state index contributed by atoms with van der Waals surface area (Å²) in [5, 5.41) is 9.72. The van der Waals surface area contributed by atoms with E-state index < -0.39 is 0 Å². The highest BCUT2D eigenvalue weighted by atomic mass is 32.2. The summed E-state index contributed by atoms with van der Waals surface area (Å²) in [6.07, 6.45) is 4.18. The molecule has 0 bridgehead atoms. The Labute approximate surface area is 142 Å². The van der Waals surface area contributed by atoms with Gasteiger partial charge in [0.2, 0.25) is 0 Å². The van der Waals surface area contributed by atoms with E-state index >= 15 is 0 Å². The van der Waals surface area contributed by atoms with Crippen LogP contribution in [-0.4, -0.2) is 42.7 Å². The first kappa shape index (κ1) is 16.3. The predicted molar refractivity (Wildman–Crippen MR) is 94.2 cm³/mol. The fourth-order valence-corrected chi connectivity index (χ4v) is 3.80. The van der Waals surface area contributed by atoms with Crippen molar-refractivity contribution in [2.75, 3.05) is 32.5 Å². The molecule has 1 fully saturated rings. The van der Waals surface area contributed by atoms with E-state index in [1.54, 1.807) is 23.8 Å². The van der Waals surface area contributed by atoms with Gasteiger partial charge in [0.1, 0.15) is 10.8 Å². The number of nitrogens with zero attached hydrogens (tertiary/aromatic N) is 2. The third kappa shape index (κ3) is 4.69. The van der Waals surface area contributed by atoms with Crippen LogP contribution in [0.25, 0.3) is 11.3 Å². The van der Waals surface area contributed by atoms with E-state index in [0.29, 0.717) is 0 Å². The van der Waals surface area contributed by atoms with E-state index in [4.69, 9.17) is 4.74 Å². The van der Waals surface area contributed by atoms with Gasteiger partial charge in [0, 0.05) is 11.3 Å². The van der Waals surface area contributed by atoms with Crippen molar-refractivity contribution in [3.63, 3.8) is 0 Å². The molecular formula is C18H24N3OS+. The second-order valence-electron chi connectivity index (χ2n) is 5.90. The lowest BCUT2D eigenvalue weighted by molar-refractivity contribution is -0.902. The van der Waals surface area contributed by atoms with Crippen LogP contribution in [0.2, 0.25) is 0 Å². The lowest BCUT2D eigenvalue weighted by Gasteiger charge is -2.23. The van der Waals surface area contributed by atoms with Crippen LogP contribution in [-0.2, 0) is 0 Å². The average Bonchev–Trinajstić information content (AvgIpc) is 2.63. The molecule has 23 heavy (non-hydrogen) atoms. The molecule has 122 valence electrons. The van der Waals surface area contributed by atoms with Gasteiger partial charge in [0.05, 0.1) is 32.4 Å². The number of ether oxygens (including phenoxy) is 1. The minimum Gasteiger partial charge on any atom is -0.497 e. The third-order valence-corrected chi connectivity index (χ3v) is 5.19. The highest BCUT2D eigenvalue weighted by molar-refractivity contribution is 7.99. The molecule has 2 aromatic rings. The monoisotopic (exact) mass is 330 g/mol.